The standard InChI is InChI=1S/C23H25F3N6/c1-15-28-8-10-32(15)22-5-3-16(11-19(22)25)13-29-23(27-2)30-18-7-9-31(14-18)21-6-4-17(24)12-20(21)26/h3-6,8,10-12,18H,7,9,13-14H2,1-2H3,(H2,27,29,30). The number of nitrogens with zero attached hydrogens (tertiary/aromatic N) is 4. The van der Waals surface area contributed by atoms with Gasteiger partial charge in [-0.15, -0.1) is 0 Å². The van der Waals surface area contributed by atoms with E-state index in [-0.39, 0.29) is 11.9 Å². The van der Waals surface area contributed by atoms with E-state index in [1.54, 1.807) is 30.1 Å². The summed E-state index contributed by atoms with van der Waals surface area (Å²) in [5.74, 6) is -0.197. The number of aromatic nitrogens is 2. The summed E-state index contributed by atoms with van der Waals surface area (Å²) in [6, 6.07) is 8.74. The molecule has 0 amide bonds. The molecule has 1 unspecified atom stereocenters. The molecule has 1 fully saturated rings. The van der Waals surface area contributed by atoms with Gasteiger partial charge in [-0.3, -0.25) is 4.99 Å². The van der Waals surface area contributed by atoms with Crippen molar-refractivity contribution in [1.82, 2.24) is 20.2 Å². The van der Waals surface area contributed by atoms with Gasteiger partial charge in [-0.1, -0.05) is 6.07 Å². The number of hydrogen-bond acceptors (Lipinski definition) is 3. The summed E-state index contributed by atoms with van der Waals surface area (Å²) < 4.78 is 43.5. The topological polar surface area (TPSA) is 57.5 Å². The number of benzene rings is 2. The van der Waals surface area contributed by atoms with E-state index in [0.29, 0.717) is 42.8 Å². The SMILES string of the molecule is CN=C(NCc1ccc(-n2ccnc2C)c(F)c1)NC1CCN(c2ccc(F)cc2F)C1. The van der Waals surface area contributed by atoms with Crippen molar-refractivity contribution in [2.75, 3.05) is 25.0 Å². The first kappa shape index (κ1) is 21.7. The molecular weight excluding hydrogens is 417 g/mol. The molecule has 32 heavy (non-hydrogen) atoms. The predicted molar refractivity (Wildman–Crippen MR) is 119 cm³/mol. The number of nitrogens with one attached hydrogen (secondary N) is 2. The van der Waals surface area contributed by atoms with Crippen LogP contribution in [0.4, 0.5) is 18.9 Å². The van der Waals surface area contributed by atoms with Gasteiger partial charge in [0.15, 0.2) is 5.96 Å². The number of guanidine groups is 1. The second kappa shape index (κ2) is 9.33. The average Bonchev–Trinajstić information content (AvgIpc) is 3.40. The van der Waals surface area contributed by atoms with E-state index in [2.05, 4.69) is 20.6 Å². The Bertz CT molecular complexity index is 1130. The molecule has 1 aliphatic heterocycles. The highest BCUT2D eigenvalue weighted by atomic mass is 19.1. The molecule has 1 aromatic heterocycles. The minimum atomic E-state index is -0.589. The van der Waals surface area contributed by atoms with Crippen LogP contribution in [0.2, 0.25) is 0 Å². The Morgan fingerprint density at radius 2 is 1.91 bits per heavy atom. The molecule has 6 nitrogen and oxygen atoms in total. The summed E-state index contributed by atoms with van der Waals surface area (Å²) in [4.78, 5) is 10.2. The Kier molecular flexibility index (Phi) is 6.34. The van der Waals surface area contributed by atoms with E-state index in [9.17, 15) is 13.2 Å². The van der Waals surface area contributed by atoms with Gasteiger partial charge in [0.25, 0.3) is 0 Å². The molecule has 4 rings (SSSR count). The van der Waals surface area contributed by atoms with E-state index >= 15 is 0 Å². The zero-order chi connectivity index (χ0) is 22.7. The van der Waals surface area contributed by atoms with Crippen LogP contribution in [0.15, 0.2) is 53.8 Å². The zero-order valence-corrected chi connectivity index (χ0v) is 17.9. The molecule has 0 bridgehead atoms. The second-order valence-corrected chi connectivity index (χ2v) is 7.73. The summed E-state index contributed by atoms with van der Waals surface area (Å²) in [7, 11) is 1.66. The number of imidazole rings is 1. The lowest BCUT2D eigenvalue weighted by atomic mass is 10.2. The van der Waals surface area contributed by atoms with Gasteiger partial charge in [-0.2, -0.15) is 0 Å². The largest absolute Gasteiger partial charge is 0.367 e. The molecule has 3 aromatic rings. The Hall–Kier alpha value is -3.49. The van der Waals surface area contributed by atoms with Gasteiger partial charge in [-0.05, 0) is 43.2 Å². The van der Waals surface area contributed by atoms with Gasteiger partial charge >= 0.3 is 0 Å². The number of anilines is 1. The third-order valence-corrected chi connectivity index (χ3v) is 5.56. The van der Waals surface area contributed by atoms with Crippen molar-refractivity contribution in [3.05, 3.63) is 77.6 Å². The third kappa shape index (κ3) is 4.71. The molecule has 2 heterocycles. The van der Waals surface area contributed by atoms with Crippen LogP contribution < -0.4 is 15.5 Å². The van der Waals surface area contributed by atoms with E-state index in [1.807, 2.05) is 17.9 Å². The van der Waals surface area contributed by atoms with Crippen LogP contribution in [-0.4, -0.2) is 41.7 Å². The van der Waals surface area contributed by atoms with Crippen molar-refractivity contribution >= 4 is 11.6 Å². The van der Waals surface area contributed by atoms with Gasteiger partial charge in [0.05, 0.1) is 11.4 Å². The minimum Gasteiger partial charge on any atom is -0.367 e. The van der Waals surface area contributed by atoms with Gasteiger partial charge in [0.2, 0.25) is 0 Å². The monoisotopic (exact) mass is 442 g/mol. The first-order valence-electron chi connectivity index (χ1n) is 10.4. The van der Waals surface area contributed by atoms with Gasteiger partial charge in [-0.25, -0.2) is 18.2 Å². The number of aliphatic imine (C=N–C) groups is 1. The lowest BCUT2D eigenvalue weighted by Crippen LogP contribution is -2.44. The van der Waals surface area contributed by atoms with Crippen LogP contribution in [0.25, 0.3) is 5.69 Å². The highest BCUT2D eigenvalue weighted by Crippen LogP contribution is 2.24. The van der Waals surface area contributed by atoms with Crippen molar-refractivity contribution < 1.29 is 13.2 Å². The van der Waals surface area contributed by atoms with Gasteiger partial charge in [0.1, 0.15) is 23.3 Å². The molecule has 0 spiro atoms. The normalized spacial score (nSPS) is 16.5. The van der Waals surface area contributed by atoms with Crippen molar-refractivity contribution in [3.63, 3.8) is 0 Å². The number of rotatable bonds is 5. The zero-order valence-electron chi connectivity index (χ0n) is 17.9. The van der Waals surface area contributed by atoms with Crippen LogP contribution in [-0.2, 0) is 6.54 Å². The smallest absolute Gasteiger partial charge is 0.191 e. The summed E-state index contributed by atoms with van der Waals surface area (Å²) in [5, 5.41) is 6.51. The summed E-state index contributed by atoms with van der Waals surface area (Å²) in [6.07, 6.45) is 4.14. The Morgan fingerprint density at radius 1 is 1.12 bits per heavy atom. The van der Waals surface area contributed by atoms with Crippen LogP contribution >= 0.6 is 0 Å². The minimum absolute atomic E-state index is 0.0500. The fourth-order valence-corrected chi connectivity index (χ4v) is 3.90. The first-order valence-corrected chi connectivity index (χ1v) is 10.4. The van der Waals surface area contributed by atoms with Crippen molar-refractivity contribution in [2.24, 2.45) is 4.99 Å². The molecule has 1 saturated heterocycles. The van der Waals surface area contributed by atoms with Crippen LogP contribution in [0.3, 0.4) is 0 Å². The van der Waals surface area contributed by atoms with E-state index < -0.39 is 11.6 Å². The number of halogens is 3. The van der Waals surface area contributed by atoms with Crippen molar-refractivity contribution in [3.8, 4) is 5.69 Å². The van der Waals surface area contributed by atoms with Crippen LogP contribution in [0.1, 0.15) is 17.8 Å². The molecule has 9 heteroatoms. The van der Waals surface area contributed by atoms with Gasteiger partial charge < -0.3 is 20.1 Å². The molecule has 0 radical (unpaired) electrons. The van der Waals surface area contributed by atoms with Gasteiger partial charge in [0, 0.05) is 51.2 Å². The Labute approximate surface area is 184 Å². The summed E-state index contributed by atoms with van der Waals surface area (Å²) in [6.45, 7) is 3.43. The number of hydrogen-bond donors (Lipinski definition) is 2. The maximum Gasteiger partial charge on any atom is 0.191 e. The van der Waals surface area contributed by atoms with Crippen LogP contribution in [0, 0.1) is 24.4 Å². The second-order valence-electron chi connectivity index (χ2n) is 7.73. The third-order valence-electron chi connectivity index (χ3n) is 5.56. The van der Waals surface area contributed by atoms with E-state index in [1.165, 1.54) is 18.2 Å². The highest BCUT2D eigenvalue weighted by Gasteiger charge is 2.25. The molecular formula is C23H25F3N6. The van der Waals surface area contributed by atoms with E-state index in [4.69, 9.17) is 0 Å². The summed E-state index contributed by atoms with van der Waals surface area (Å²) in [5.41, 5.74) is 1.61. The molecule has 0 aliphatic carbocycles. The molecule has 2 N–H and O–H groups in total. The lowest BCUT2D eigenvalue weighted by molar-refractivity contribution is 0.580. The molecule has 0 saturated carbocycles. The van der Waals surface area contributed by atoms with Crippen molar-refractivity contribution in [1.29, 1.82) is 0 Å². The molecule has 168 valence electrons. The number of aryl methyl sites for hydroxylation is 1. The quantitative estimate of drug-likeness (QED) is 0.469. The molecule has 1 atom stereocenters. The average molecular weight is 442 g/mol. The van der Waals surface area contributed by atoms with Crippen molar-refractivity contribution in [2.45, 2.75) is 25.9 Å². The maximum absolute atomic E-state index is 14.6. The molecule has 1 aliphatic rings. The molecule has 2 aromatic carbocycles. The van der Waals surface area contributed by atoms with E-state index in [0.717, 1.165) is 18.1 Å². The highest BCUT2D eigenvalue weighted by molar-refractivity contribution is 5.80. The Morgan fingerprint density at radius 3 is 2.59 bits per heavy atom. The first-order chi connectivity index (χ1) is 15.4. The predicted octanol–water partition coefficient (Wildman–Crippen LogP) is 3.54. The fourth-order valence-electron chi connectivity index (χ4n) is 3.90. The summed E-state index contributed by atoms with van der Waals surface area (Å²) >= 11 is 0. The lowest BCUT2D eigenvalue weighted by Gasteiger charge is -2.21. The Balaban J connectivity index is 1.34. The fraction of sp³-hybridized carbons (Fsp3) is 0.304. The maximum atomic E-state index is 14.6. The van der Waals surface area contributed by atoms with Crippen LogP contribution in [0.5, 0.6) is 0 Å².